The quantitative estimate of drug-likeness (QED) is 0.315. The predicted octanol–water partition coefficient (Wildman–Crippen LogP) is 6.15. The second kappa shape index (κ2) is 13.0. The van der Waals surface area contributed by atoms with Gasteiger partial charge in [-0.2, -0.15) is 5.10 Å². The zero-order valence-electron chi connectivity index (χ0n) is 24.6. The first-order valence-corrected chi connectivity index (χ1v) is 15.5. The number of aromatic nitrogens is 2. The fourth-order valence-corrected chi connectivity index (χ4v) is 6.49. The Morgan fingerprint density at radius 3 is 2.51 bits per heavy atom. The summed E-state index contributed by atoms with van der Waals surface area (Å²) >= 11 is 0. The summed E-state index contributed by atoms with van der Waals surface area (Å²) in [6.45, 7) is 2.80. The van der Waals surface area contributed by atoms with E-state index in [2.05, 4.69) is 17.4 Å². The Kier molecular flexibility index (Phi) is 8.72. The number of nitrogens with zero attached hydrogens (tertiary/aromatic N) is 3. The van der Waals surface area contributed by atoms with Crippen LogP contribution in [0, 0.1) is 11.2 Å². The average Bonchev–Trinajstić information content (AvgIpc) is 3.39. The van der Waals surface area contributed by atoms with Crippen LogP contribution >= 0.6 is 0 Å². The van der Waals surface area contributed by atoms with Crippen LogP contribution < -0.4 is 10.1 Å². The van der Waals surface area contributed by atoms with Crippen molar-refractivity contribution in [3.8, 4) is 5.75 Å². The lowest BCUT2D eigenvalue weighted by molar-refractivity contribution is -0.122. The summed E-state index contributed by atoms with van der Waals surface area (Å²) in [5.74, 6) is 0.656. The van der Waals surface area contributed by atoms with Crippen molar-refractivity contribution in [3.05, 3.63) is 95.4 Å². The smallest absolute Gasteiger partial charge is 0.272 e. The molecule has 0 bridgehead atoms. The number of para-hydroxylation sites is 1. The Morgan fingerprint density at radius 1 is 0.907 bits per heavy atom. The molecule has 0 aliphatic carbocycles. The van der Waals surface area contributed by atoms with Gasteiger partial charge < -0.3 is 15.0 Å². The van der Waals surface area contributed by atoms with Gasteiger partial charge in [-0.3, -0.25) is 14.3 Å². The molecule has 6 rings (SSSR count). The largest absolute Gasteiger partial charge is 0.493 e. The van der Waals surface area contributed by atoms with Gasteiger partial charge in [-0.05, 0) is 79.3 Å². The van der Waals surface area contributed by atoms with E-state index in [1.807, 2.05) is 41.3 Å². The van der Waals surface area contributed by atoms with Crippen LogP contribution in [0.25, 0.3) is 10.9 Å². The van der Waals surface area contributed by atoms with Crippen LogP contribution in [0.5, 0.6) is 5.75 Å². The van der Waals surface area contributed by atoms with E-state index in [4.69, 9.17) is 9.84 Å². The van der Waals surface area contributed by atoms with Gasteiger partial charge in [0.25, 0.3) is 5.91 Å². The number of benzene rings is 3. The number of rotatable bonds is 3. The highest BCUT2D eigenvalue weighted by Crippen LogP contribution is 2.37. The number of aryl methyl sites for hydroxylation is 1. The third-order valence-corrected chi connectivity index (χ3v) is 9.05. The molecule has 3 heterocycles. The Balaban J connectivity index is 1.17. The van der Waals surface area contributed by atoms with E-state index in [0.29, 0.717) is 51.3 Å². The molecule has 1 spiro atoms. The van der Waals surface area contributed by atoms with Gasteiger partial charge in [-0.15, -0.1) is 0 Å². The minimum atomic E-state index is -0.291. The Bertz CT molecular complexity index is 1570. The van der Waals surface area contributed by atoms with Crippen LogP contribution in [0.4, 0.5) is 4.39 Å². The van der Waals surface area contributed by atoms with Crippen molar-refractivity contribution in [3.63, 3.8) is 0 Å². The van der Waals surface area contributed by atoms with Crippen molar-refractivity contribution in [1.82, 2.24) is 20.0 Å². The number of piperidine rings is 1. The third-order valence-electron chi connectivity index (χ3n) is 9.05. The first-order valence-electron chi connectivity index (χ1n) is 15.5. The van der Waals surface area contributed by atoms with Gasteiger partial charge in [0, 0.05) is 31.4 Å². The van der Waals surface area contributed by atoms with Crippen molar-refractivity contribution in [2.45, 2.75) is 57.9 Å². The van der Waals surface area contributed by atoms with Crippen LogP contribution in [0.2, 0.25) is 0 Å². The summed E-state index contributed by atoms with van der Waals surface area (Å²) < 4.78 is 21.3. The average molecular weight is 583 g/mol. The number of carbonyl (C=O) groups is 2. The minimum Gasteiger partial charge on any atom is -0.493 e. The van der Waals surface area contributed by atoms with Crippen molar-refractivity contribution >= 4 is 22.7 Å². The Morgan fingerprint density at radius 2 is 1.67 bits per heavy atom. The van der Waals surface area contributed by atoms with E-state index in [9.17, 15) is 14.0 Å². The lowest BCUT2D eigenvalue weighted by atomic mass is 9.74. The van der Waals surface area contributed by atoms with Crippen molar-refractivity contribution in [2.24, 2.45) is 5.41 Å². The number of carbonyl (C=O) groups excluding carboxylic acids is 2. The maximum atomic E-state index is 14.1. The predicted molar refractivity (Wildman–Crippen MR) is 165 cm³/mol. The lowest BCUT2D eigenvalue weighted by Gasteiger charge is -2.42. The number of amides is 2. The molecule has 1 fully saturated rings. The molecule has 8 heteroatoms. The molecule has 0 atom stereocenters. The zero-order valence-corrected chi connectivity index (χ0v) is 24.6. The van der Waals surface area contributed by atoms with Crippen molar-refractivity contribution in [2.75, 3.05) is 26.2 Å². The van der Waals surface area contributed by atoms with Crippen molar-refractivity contribution in [1.29, 1.82) is 0 Å². The highest BCUT2D eigenvalue weighted by Gasteiger charge is 2.37. The second-order valence-corrected chi connectivity index (χ2v) is 12.0. The summed E-state index contributed by atoms with van der Waals surface area (Å²) in [6.07, 6.45) is 6.85. The number of halogens is 1. The van der Waals surface area contributed by atoms with Gasteiger partial charge in [-0.1, -0.05) is 55.0 Å². The molecule has 0 radical (unpaired) electrons. The molecule has 1 N–H and O–H groups in total. The summed E-state index contributed by atoms with van der Waals surface area (Å²) in [5, 5.41) is 8.78. The lowest BCUT2D eigenvalue weighted by Crippen LogP contribution is -2.48. The normalized spacial score (nSPS) is 18.0. The van der Waals surface area contributed by atoms with Crippen LogP contribution in [0.15, 0.2) is 72.8 Å². The van der Waals surface area contributed by atoms with E-state index < -0.39 is 0 Å². The molecule has 2 amide bonds. The Labute approximate surface area is 252 Å². The number of fused-ring (bicyclic) bond motifs is 2. The highest BCUT2D eigenvalue weighted by atomic mass is 19.1. The van der Waals surface area contributed by atoms with Crippen LogP contribution in [0.3, 0.4) is 0 Å². The van der Waals surface area contributed by atoms with E-state index >= 15 is 0 Å². The first-order chi connectivity index (χ1) is 21.0. The highest BCUT2D eigenvalue weighted by molar-refractivity contribution is 6.05. The summed E-state index contributed by atoms with van der Waals surface area (Å²) in [4.78, 5) is 28.7. The fourth-order valence-electron chi connectivity index (χ4n) is 6.49. The van der Waals surface area contributed by atoms with Crippen LogP contribution in [-0.4, -0.2) is 52.7 Å². The van der Waals surface area contributed by atoms with Gasteiger partial charge in [0.05, 0.1) is 18.7 Å². The van der Waals surface area contributed by atoms with Gasteiger partial charge >= 0.3 is 0 Å². The van der Waals surface area contributed by atoms with Gasteiger partial charge in [0.15, 0.2) is 0 Å². The molecule has 2 aliphatic heterocycles. The van der Waals surface area contributed by atoms with Gasteiger partial charge in [0.2, 0.25) is 5.91 Å². The number of ether oxygens (including phenoxy) is 1. The molecular formula is C35H39FN4O3. The van der Waals surface area contributed by atoms with Crippen molar-refractivity contribution < 1.29 is 18.7 Å². The monoisotopic (exact) mass is 582 g/mol. The molecule has 3 aromatic carbocycles. The molecule has 224 valence electrons. The number of likely N-dealkylation sites (tertiary alicyclic amines) is 1. The second-order valence-electron chi connectivity index (χ2n) is 12.0. The fraction of sp³-hybridized carbons (Fsp3) is 0.400. The van der Waals surface area contributed by atoms with Crippen LogP contribution in [-0.2, 0) is 17.8 Å². The molecular weight excluding hydrogens is 543 g/mol. The number of hydrogen-bond donors (Lipinski definition) is 1. The topological polar surface area (TPSA) is 76.5 Å². The maximum absolute atomic E-state index is 14.1. The van der Waals surface area contributed by atoms with Crippen LogP contribution in [0.1, 0.15) is 66.6 Å². The molecule has 43 heavy (non-hydrogen) atoms. The minimum absolute atomic E-state index is 0.0350. The number of nitrogens with one attached hydrogen (secondary N) is 1. The summed E-state index contributed by atoms with van der Waals surface area (Å²) in [5.41, 5.74) is 3.40. The van der Waals surface area contributed by atoms with Gasteiger partial charge in [-0.25, -0.2) is 4.39 Å². The molecule has 7 nitrogen and oxygen atoms in total. The molecule has 0 unspecified atom stereocenters. The SMILES string of the molecule is O=C1CCCOc2ccccc2CCCCC2(CCN(C(=O)c3c4ccccc4nn3Cc3ccc(F)cc3)CC2)CN1. The molecule has 4 aromatic rings. The molecule has 2 aliphatic rings. The Hall–Kier alpha value is -4.20. The molecule has 1 saturated heterocycles. The number of hydrogen-bond acceptors (Lipinski definition) is 4. The van der Waals surface area contributed by atoms with E-state index in [-0.39, 0.29) is 23.0 Å². The first kappa shape index (κ1) is 28.9. The summed E-state index contributed by atoms with van der Waals surface area (Å²) in [6, 6.07) is 22.2. The maximum Gasteiger partial charge on any atom is 0.272 e. The molecule has 1 aromatic heterocycles. The van der Waals surface area contributed by atoms with Gasteiger partial charge in [0.1, 0.15) is 17.3 Å². The standard InChI is InChI=1S/C35H39FN4O3/c36-28-16-14-26(15-17-28)24-40-33(29-10-2-3-11-30(29)38-40)34(42)39-21-19-35(20-22-39)18-6-5-9-27-8-1-4-12-31(27)43-23-7-13-32(41)37-25-35/h1-4,8,10-12,14-17H,5-7,9,13,18-25H2,(H,37,41). The van der Waals surface area contributed by atoms with E-state index in [1.165, 1.54) is 17.7 Å². The zero-order chi connectivity index (χ0) is 29.6. The summed E-state index contributed by atoms with van der Waals surface area (Å²) in [7, 11) is 0. The third kappa shape index (κ3) is 6.74. The van der Waals surface area contributed by atoms with E-state index in [1.54, 1.807) is 16.8 Å². The molecule has 0 saturated carbocycles. The van der Waals surface area contributed by atoms with E-state index in [0.717, 1.165) is 60.7 Å².